The standard InChI is InChI=1S/C13H17ClN2O3S/c1-7-5-16(6-9(19-7)12(15)17)13(18)8(2)10-3-4-11(14)20-10/h3-4,7-9H,5-6H2,1-2H3,(H2,15,17)/t7-,8-,9+/m1/s1. The van der Waals surface area contributed by atoms with Crippen molar-refractivity contribution in [3.05, 3.63) is 21.3 Å². The first-order valence-corrected chi connectivity index (χ1v) is 7.56. The Kier molecular flexibility index (Phi) is 4.67. The highest BCUT2D eigenvalue weighted by molar-refractivity contribution is 7.16. The van der Waals surface area contributed by atoms with E-state index in [-0.39, 0.29) is 24.5 Å². The first-order valence-electron chi connectivity index (χ1n) is 6.37. The van der Waals surface area contributed by atoms with Gasteiger partial charge in [-0.15, -0.1) is 11.3 Å². The first kappa shape index (κ1) is 15.3. The molecule has 1 aromatic heterocycles. The van der Waals surface area contributed by atoms with Crippen LogP contribution in [0.2, 0.25) is 4.34 Å². The molecule has 2 N–H and O–H groups in total. The van der Waals surface area contributed by atoms with Crippen LogP contribution in [0, 0.1) is 0 Å². The molecule has 1 aliphatic rings. The number of carbonyl (C=O) groups excluding carboxylic acids is 2. The zero-order chi connectivity index (χ0) is 14.9. The van der Waals surface area contributed by atoms with Gasteiger partial charge in [-0.05, 0) is 26.0 Å². The van der Waals surface area contributed by atoms with Gasteiger partial charge in [0, 0.05) is 11.4 Å². The highest BCUT2D eigenvalue weighted by Crippen LogP contribution is 2.29. The summed E-state index contributed by atoms with van der Waals surface area (Å²) in [5.74, 6) is -0.864. The van der Waals surface area contributed by atoms with E-state index in [1.165, 1.54) is 11.3 Å². The molecule has 0 spiro atoms. The van der Waals surface area contributed by atoms with Gasteiger partial charge >= 0.3 is 0 Å². The maximum Gasteiger partial charge on any atom is 0.248 e. The van der Waals surface area contributed by atoms with Crippen LogP contribution in [-0.2, 0) is 14.3 Å². The lowest BCUT2D eigenvalue weighted by Crippen LogP contribution is -2.54. The Balaban J connectivity index is 2.09. The summed E-state index contributed by atoms with van der Waals surface area (Å²) < 4.78 is 6.09. The number of rotatable bonds is 3. The van der Waals surface area contributed by atoms with Crippen molar-refractivity contribution in [3.8, 4) is 0 Å². The summed E-state index contributed by atoms with van der Waals surface area (Å²) in [6.45, 7) is 4.33. The number of amides is 2. The van der Waals surface area contributed by atoms with E-state index in [4.69, 9.17) is 22.1 Å². The number of halogens is 1. The van der Waals surface area contributed by atoms with Crippen LogP contribution in [0.4, 0.5) is 0 Å². The maximum absolute atomic E-state index is 12.5. The predicted octanol–water partition coefficient (Wildman–Crippen LogP) is 1.61. The third kappa shape index (κ3) is 3.31. The van der Waals surface area contributed by atoms with Gasteiger partial charge in [0.2, 0.25) is 11.8 Å². The SMILES string of the molecule is C[C@@H]1CN(C(=O)[C@H](C)c2ccc(Cl)s2)C[C@@H](C(N)=O)O1. The zero-order valence-corrected chi connectivity index (χ0v) is 12.9. The number of hydrogen-bond donors (Lipinski definition) is 1. The third-order valence-corrected chi connectivity index (χ3v) is 4.69. The summed E-state index contributed by atoms with van der Waals surface area (Å²) in [6, 6.07) is 3.63. The van der Waals surface area contributed by atoms with Gasteiger partial charge in [-0.2, -0.15) is 0 Å². The Hall–Kier alpha value is -1.11. The highest BCUT2D eigenvalue weighted by Gasteiger charge is 2.33. The summed E-state index contributed by atoms with van der Waals surface area (Å²) >= 11 is 7.29. The van der Waals surface area contributed by atoms with Crippen molar-refractivity contribution in [2.75, 3.05) is 13.1 Å². The molecule has 0 aliphatic carbocycles. The van der Waals surface area contributed by atoms with E-state index in [2.05, 4.69) is 0 Å². The maximum atomic E-state index is 12.5. The summed E-state index contributed by atoms with van der Waals surface area (Å²) in [6.07, 6.45) is -0.939. The molecule has 0 bridgehead atoms. The zero-order valence-electron chi connectivity index (χ0n) is 11.3. The quantitative estimate of drug-likeness (QED) is 0.920. The molecule has 2 heterocycles. The number of nitrogens with zero attached hydrogens (tertiary/aromatic N) is 1. The molecule has 20 heavy (non-hydrogen) atoms. The van der Waals surface area contributed by atoms with E-state index in [0.29, 0.717) is 10.9 Å². The number of primary amides is 1. The highest BCUT2D eigenvalue weighted by atomic mass is 35.5. The van der Waals surface area contributed by atoms with Crippen LogP contribution in [0.3, 0.4) is 0 Å². The normalized spacial score (nSPS) is 24.4. The molecule has 5 nitrogen and oxygen atoms in total. The summed E-state index contributed by atoms with van der Waals surface area (Å²) in [7, 11) is 0. The number of morpholine rings is 1. The molecule has 7 heteroatoms. The minimum Gasteiger partial charge on any atom is -0.367 e. The van der Waals surface area contributed by atoms with Crippen molar-refractivity contribution in [2.45, 2.75) is 32.0 Å². The Bertz CT molecular complexity index is 519. The van der Waals surface area contributed by atoms with Crippen LogP contribution in [0.5, 0.6) is 0 Å². The first-order chi connectivity index (χ1) is 9.38. The third-order valence-electron chi connectivity index (χ3n) is 3.28. The topological polar surface area (TPSA) is 72.6 Å². The molecule has 1 aromatic rings. The van der Waals surface area contributed by atoms with Crippen LogP contribution in [0.1, 0.15) is 24.6 Å². The van der Waals surface area contributed by atoms with E-state index < -0.39 is 12.0 Å². The summed E-state index contributed by atoms with van der Waals surface area (Å²) in [5.41, 5.74) is 5.27. The summed E-state index contributed by atoms with van der Waals surface area (Å²) in [5, 5.41) is 0. The molecule has 0 aromatic carbocycles. The Morgan fingerprint density at radius 2 is 2.20 bits per heavy atom. The average molecular weight is 317 g/mol. The van der Waals surface area contributed by atoms with Crippen LogP contribution in [0.25, 0.3) is 0 Å². The molecule has 0 radical (unpaired) electrons. The minimum absolute atomic E-state index is 0.0371. The van der Waals surface area contributed by atoms with Crippen LogP contribution >= 0.6 is 22.9 Å². The van der Waals surface area contributed by atoms with E-state index >= 15 is 0 Å². The second-order valence-corrected chi connectivity index (χ2v) is 6.69. The van der Waals surface area contributed by atoms with E-state index in [1.807, 2.05) is 19.9 Å². The van der Waals surface area contributed by atoms with Crippen molar-refractivity contribution in [1.82, 2.24) is 4.90 Å². The van der Waals surface area contributed by atoms with Crippen molar-refractivity contribution >= 4 is 34.8 Å². The van der Waals surface area contributed by atoms with Gasteiger partial charge in [-0.1, -0.05) is 11.6 Å². The molecule has 1 aliphatic heterocycles. The molecule has 1 saturated heterocycles. The number of thiophene rings is 1. The van der Waals surface area contributed by atoms with Crippen molar-refractivity contribution in [3.63, 3.8) is 0 Å². The van der Waals surface area contributed by atoms with Crippen LogP contribution in [0.15, 0.2) is 12.1 Å². The van der Waals surface area contributed by atoms with Gasteiger partial charge in [-0.3, -0.25) is 9.59 Å². The molecule has 0 unspecified atom stereocenters. The van der Waals surface area contributed by atoms with Gasteiger partial charge in [0.15, 0.2) is 6.10 Å². The fraction of sp³-hybridized carbons (Fsp3) is 0.538. The molecule has 3 atom stereocenters. The van der Waals surface area contributed by atoms with Crippen LogP contribution in [-0.4, -0.2) is 42.0 Å². The number of hydrogen-bond acceptors (Lipinski definition) is 4. The number of carbonyl (C=O) groups is 2. The molecule has 2 rings (SSSR count). The van der Waals surface area contributed by atoms with Gasteiger partial charge in [0.1, 0.15) is 0 Å². The smallest absolute Gasteiger partial charge is 0.248 e. The fourth-order valence-corrected chi connectivity index (χ4v) is 3.35. The van der Waals surface area contributed by atoms with E-state index in [9.17, 15) is 9.59 Å². The monoisotopic (exact) mass is 316 g/mol. The Labute approximate surface area is 126 Å². The largest absolute Gasteiger partial charge is 0.367 e. The van der Waals surface area contributed by atoms with E-state index in [1.54, 1.807) is 11.0 Å². The van der Waals surface area contributed by atoms with Crippen molar-refractivity contribution in [1.29, 1.82) is 0 Å². The lowest BCUT2D eigenvalue weighted by Gasteiger charge is -2.36. The van der Waals surface area contributed by atoms with Gasteiger partial charge in [-0.25, -0.2) is 0 Å². The molecule has 110 valence electrons. The van der Waals surface area contributed by atoms with E-state index in [0.717, 1.165) is 4.88 Å². The second kappa shape index (κ2) is 6.11. The Morgan fingerprint density at radius 1 is 1.50 bits per heavy atom. The molecular weight excluding hydrogens is 300 g/mol. The van der Waals surface area contributed by atoms with Crippen LogP contribution < -0.4 is 5.73 Å². The molecular formula is C13H17ClN2O3S. The lowest BCUT2D eigenvalue weighted by atomic mass is 10.1. The number of nitrogens with two attached hydrogens (primary N) is 1. The summed E-state index contributed by atoms with van der Waals surface area (Å²) in [4.78, 5) is 26.3. The molecule has 2 amide bonds. The van der Waals surface area contributed by atoms with Gasteiger partial charge in [0.25, 0.3) is 0 Å². The fourth-order valence-electron chi connectivity index (χ4n) is 2.25. The second-order valence-electron chi connectivity index (χ2n) is 4.94. The molecule has 0 saturated carbocycles. The average Bonchev–Trinajstić information content (AvgIpc) is 2.83. The van der Waals surface area contributed by atoms with Gasteiger partial charge < -0.3 is 15.4 Å². The molecule has 1 fully saturated rings. The lowest BCUT2D eigenvalue weighted by molar-refractivity contribution is -0.153. The van der Waals surface area contributed by atoms with Crippen molar-refractivity contribution in [2.24, 2.45) is 5.73 Å². The number of ether oxygens (including phenoxy) is 1. The van der Waals surface area contributed by atoms with Crippen molar-refractivity contribution < 1.29 is 14.3 Å². The van der Waals surface area contributed by atoms with Gasteiger partial charge in [0.05, 0.1) is 22.9 Å². The minimum atomic E-state index is -0.734. The Morgan fingerprint density at radius 3 is 2.75 bits per heavy atom. The predicted molar refractivity (Wildman–Crippen MR) is 77.9 cm³/mol.